The summed E-state index contributed by atoms with van der Waals surface area (Å²) in [7, 11) is 0. The molecule has 15 heavy (non-hydrogen) atoms. The molecule has 3 heteroatoms. The van der Waals surface area contributed by atoms with Crippen LogP contribution in [0.15, 0.2) is 29.2 Å². The Morgan fingerprint density at radius 3 is 2.73 bits per heavy atom. The van der Waals surface area contributed by atoms with Crippen LogP contribution in [0.2, 0.25) is 0 Å². The Kier molecular flexibility index (Phi) is 4.69. The molecule has 0 amide bonds. The van der Waals surface area contributed by atoms with E-state index in [1.54, 1.807) is 11.8 Å². The van der Waals surface area contributed by atoms with Crippen LogP contribution in [0.5, 0.6) is 0 Å². The van der Waals surface area contributed by atoms with Crippen molar-refractivity contribution in [3.63, 3.8) is 0 Å². The maximum Gasteiger partial charge on any atom is 0.307 e. The van der Waals surface area contributed by atoms with Crippen molar-refractivity contribution in [3.05, 3.63) is 29.8 Å². The fraction of sp³-hybridized carbons (Fsp3) is 0.417. The van der Waals surface area contributed by atoms with Crippen molar-refractivity contribution in [1.29, 1.82) is 0 Å². The van der Waals surface area contributed by atoms with Crippen LogP contribution in [-0.4, -0.2) is 16.3 Å². The number of hydrogen-bond donors (Lipinski definition) is 1. The molecule has 1 N–H and O–H groups in total. The standard InChI is InChI=1S/C12H16O2S/c1-3-9(2)15-11-7-5-4-6-10(11)8-12(13)14/h4-7,9H,3,8H2,1-2H3,(H,13,14). The fourth-order valence-corrected chi connectivity index (χ4v) is 2.28. The number of carboxylic acids is 1. The molecule has 0 saturated heterocycles. The smallest absolute Gasteiger partial charge is 0.307 e. The van der Waals surface area contributed by atoms with Gasteiger partial charge in [-0.05, 0) is 18.1 Å². The van der Waals surface area contributed by atoms with Crippen LogP contribution < -0.4 is 0 Å². The minimum atomic E-state index is -0.771. The van der Waals surface area contributed by atoms with E-state index in [0.717, 1.165) is 16.9 Å². The first kappa shape index (κ1) is 12.1. The second-order valence-corrected chi connectivity index (χ2v) is 5.00. The van der Waals surface area contributed by atoms with Gasteiger partial charge in [0.2, 0.25) is 0 Å². The zero-order valence-electron chi connectivity index (χ0n) is 9.06. The van der Waals surface area contributed by atoms with Gasteiger partial charge in [-0.15, -0.1) is 11.8 Å². The van der Waals surface area contributed by atoms with Crippen LogP contribution in [0, 0.1) is 0 Å². The highest BCUT2D eigenvalue weighted by atomic mass is 32.2. The topological polar surface area (TPSA) is 37.3 Å². The monoisotopic (exact) mass is 224 g/mol. The van der Waals surface area contributed by atoms with Crippen LogP contribution in [0.1, 0.15) is 25.8 Å². The summed E-state index contributed by atoms with van der Waals surface area (Å²) in [6.45, 7) is 4.29. The van der Waals surface area contributed by atoms with Gasteiger partial charge in [-0.2, -0.15) is 0 Å². The largest absolute Gasteiger partial charge is 0.481 e. The van der Waals surface area contributed by atoms with Crippen molar-refractivity contribution in [2.24, 2.45) is 0 Å². The van der Waals surface area contributed by atoms with Gasteiger partial charge >= 0.3 is 5.97 Å². The normalized spacial score (nSPS) is 12.4. The van der Waals surface area contributed by atoms with Gasteiger partial charge < -0.3 is 5.11 Å². The van der Waals surface area contributed by atoms with Gasteiger partial charge in [0.25, 0.3) is 0 Å². The van der Waals surface area contributed by atoms with Gasteiger partial charge in [-0.25, -0.2) is 0 Å². The summed E-state index contributed by atoms with van der Waals surface area (Å²) in [4.78, 5) is 11.8. The second-order valence-electron chi connectivity index (χ2n) is 3.51. The maximum absolute atomic E-state index is 10.7. The number of thioether (sulfide) groups is 1. The predicted molar refractivity (Wildman–Crippen MR) is 63.4 cm³/mol. The van der Waals surface area contributed by atoms with Crippen LogP contribution in [-0.2, 0) is 11.2 Å². The SMILES string of the molecule is CCC(C)Sc1ccccc1CC(=O)O. The van der Waals surface area contributed by atoms with Crippen LogP contribution in [0.4, 0.5) is 0 Å². The van der Waals surface area contributed by atoms with Crippen LogP contribution >= 0.6 is 11.8 Å². The molecular formula is C12H16O2S. The molecular weight excluding hydrogens is 208 g/mol. The highest BCUT2D eigenvalue weighted by molar-refractivity contribution is 8.00. The van der Waals surface area contributed by atoms with E-state index in [1.165, 1.54) is 0 Å². The maximum atomic E-state index is 10.7. The van der Waals surface area contributed by atoms with E-state index in [1.807, 2.05) is 24.3 Å². The lowest BCUT2D eigenvalue weighted by Gasteiger charge is -2.11. The molecule has 1 rings (SSSR count). The van der Waals surface area contributed by atoms with E-state index in [4.69, 9.17) is 5.11 Å². The van der Waals surface area contributed by atoms with Gasteiger partial charge in [0.1, 0.15) is 0 Å². The Balaban J connectivity index is 2.81. The quantitative estimate of drug-likeness (QED) is 0.780. The molecule has 1 atom stereocenters. The molecule has 0 aliphatic rings. The number of hydrogen-bond acceptors (Lipinski definition) is 2. The summed E-state index contributed by atoms with van der Waals surface area (Å²) in [5.41, 5.74) is 0.912. The molecule has 0 aliphatic carbocycles. The van der Waals surface area contributed by atoms with Crippen molar-refractivity contribution in [3.8, 4) is 0 Å². The molecule has 0 radical (unpaired) electrons. The van der Waals surface area contributed by atoms with Gasteiger partial charge in [-0.1, -0.05) is 32.0 Å². The molecule has 0 aromatic heterocycles. The predicted octanol–water partition coefficient (Wildman–Crippen LogP) is 3.20. The van der Waals surface area contributed by atoms with E-state index < -0.39 is 5.97 Å². The van der Waals surface area contributed by atoms with Crippen molar-refractivity contribution < 1.29 is 9.90 Å². The average Bonchev–Trinajstić information content (AvgIpc) is 2.20. The number of carboxylic acid groups (broad SMARTS) is 1. The number of rotatable bonds is 5. The van der Waals surface area contributed by atoms with E-state index in [-0.39, 0.29) is 6.42 Å². The first-order valence-corrected chi connectivity index (χ1v) is 5.97. The lowest BCUT2D eigenvalue weighted by Crippen LogP contribution is -2.02. The van der Waals surface area contributed by atoms with Crippen molar-refractivity contribution >= 4 is 17.7 Å². The molecule has 0 heterocycles. The number of carbonyl (C=O) groups is 1. The average molecular weight is 224 g/mol. The third-order valence-corrected chi connectivity index (χ3v) is 3.61. The van der Waals surface area contributed by atoms with Crippen LogP contribution in [0.3, 0.4) is 0 Å². The molecule has 0 aliphatic heterocycles. The lowest BCUT2D eigenvalue weighted by molar-refractivity contribution is -0.136. The second kappa shape index (κ2) is 5.81. The minimum Gasteiger partial charge on any atom is -0.481 e. The fourth-order valence-electron chi connectivity index (χ4n) is 1.23. The molecule has 0 saturated carbocycles. The third-order valence-electron chi connectivity index (χ3n) is 2.22. The van der Waals surface area contributed by atoms with Crippen molar-refractivity contribution in [1.82, 2.24) is 0 Å². The summed E-state index contributed by atoms with van der Waals surface area (Å²) in [5.74, 6) is -0.771. The van der Waals surface area contributed by atoms with Gasteiger partial charge in [0.05, 0.1) is 6.42 Å². The van der Waals surface area contributed by atoms with Gasteiger partial charge in [0, 0.05) is 10.1 Å². The summed E-state index contributed by atoms with van der Waals surface area (Å²) < 4.78 is 0. The summed E-state index contributed by atoms with van der Waals surface area (Å²) in [6, 6.07) is 7.73. The highest BCUT2D eigenvalue weighted by Gasteiger charge is 2.09. The molecule has 1 aromatic carbocycles. The van der Waals surface area contributed by atoms with E-state index >= 15 is 0 Å². The highest BCUT2D eigenvalue weighted by Crippen LogP contribution is 2.28. The number of aliphatic carboxylic acids is 1. The number of benzene rings is 1. The Morgan fingerprint density at radius 1 is 1.47 bits per heavy atom. The molecule has 1 unspecified atom stereocenters. The van der Waals surface area contributed by atoms with E-state index in [2.05, 4.69) is 13.8 Å². The van der Waals surface area contributed by atoms with Crippen molar-refractivity contribution in [2.45, 2.75) is 36.8 Å². The third kappa shape index (κ3) is 3.96. The van der Waals surface area contributed by atoms with Crippen molar-refractivity contribution in [2.75, 3.05) is 0 Å². The zero-order valence-corrected chi connectivity index (χ0v) is 9.88. The summed E-state index contributed by atoms with van der Waals surface area (Å²) >= 11 is 1.75. The van der Waals surface area contributed by atoms with Gasteiger partial charge in [0.15, 0.2) is 0 Å². The molecule has 1 aromatic rings. The molecule has 0 spiro atoms. The summed E-state index contributed by atoms with van der Waals surface area (Å²) in [5, 5.41) is 9.30. The van der Waals surface area contributed by atoms with Crippen LogP contribution in [0.25, 0.3) is 0 Å². The Morgan fingerprint density at radius 2 is 2.13 bits per heavy atom. The minimum absolute atomic E-state index is 0.111. The first-order chi connectivity index (χ1) is 7.13. The van der Waals surface area contributed by atoms with E-state index in [0.29, 0.717) is 5.25 Å². The van der Waals surface area contributed by atoms with Gasteiger partial charge in [-0.3, -0.25) is 4.79 Å². The lowest BCUT2D eigenvalue weighted by atomic mass is 10.1. The Bertz CT molecular complexity index is 336. The molecule has 0 bridgehead atoms. The first-order valence-electron chi connectivity index (χ1n) is 5.09. The summed E-state index contributed by atoms with van der Waals surface area (Å²) in [6.07, 6.45) is 1.20. The zero-order chi connectivity index (χ0) is 11.3. The molecule has 2 nitrogen and oxygen atoms in total. The molecule has 82 valence electrons. The molecule has 0 fully saturated rings. The Hall–Kier alpha value is -0.960. The Labute approximate surface area is 94.7 Å². The van der Waals surface area contributed by atoms with E-state index in [9.17, 15) is 4.79 Å².